The largest absolute Gasteiger partial charge is 0.481 e. The fourth-order valence-corrected chi connectivity index (χ4v) is 2.74. The Bertz CT molecular complexity index is 210. The van der Waals surface area contributed by atoms with Gasteiger partial charge in [0.1, 0.15) is 0 Å². The molecule has 0 aromatic rings. The quantitative estimate of drug-likeness (QED) is 0.755. The Morgan fingerprint density at radius 1 is 1.57 bits per heavy atom. The summed E-state index contributed by atoms with van der Waals surface area (Å²) in [6, 6.07) is 0. The van der Waals surface area contributed by atoms with Gasteiger partial charge in [0.15, 0.2) is 0 Å². The van der Waals surface area contributed by atoms with Crippen molar-refractivity contribution in [1.82, 2.24) is 0 Å². The van der Waals surface area contributed by atoms with Gasteiger partial charge >= 0.3 is 5.97 Å². The first-order valence-electron chi connectivity index (χ1n) is 5.76. The first kappa shape index (κ1) is 11.5. The summed E-state index contributed by atoms with van der Waals surface area (Å²) in [6.07, 6.45) is 5.19. The summed E-state index contributed by atoms with van der Waals surface area (Å²) in [5.41, 5.74) is -0.432. The molecule has 0 heterocycles. The molecule has 14 heavy (non-hydrogen) atoms. The standard InChI is InChI=1S/C12H22O2/c1-4-10-6-5-7-12(8-10,9(2)3)11(13)14/h9-10H,4-8H2,1-3H3,(H,13,14). The van der Waals surface area contributed by atoms with Crippen LogP contribution in [0, 0.1) is 17.3 Å². The predicted octanol–water partition coefficient (Wildman–Crippen LogP) is 3.31. The Hall–Kier alpha value is -0.530. The maximum atomic E-state index is 11.4. The molecule has 0 aromatic carbocycles. The first-order valence-corrected chi connectivity index (χ1v) is 5.76. The van der Waals surface area contributed by atoms with E-state index in [2.05, 4.69) is 6.92 Å². The number of carboxylic acid groups (broad SMARTS) is 1. The molecule has 1 saturated carbocycles. The molecular formula is C12H22O2. The van der Waals surface area contributed by atoms with Crippen LogP contribution in [-0.2, 0) is 4.79 Å². The molecule has 0 aliphatic heterocycles. The van der Waals surface area contributed by atoms with Gasteiger partial charge in [-0.1, -0.05) is 40.0 Å². The third-order valence-corrected chi connectivity index (χ3v) is 4.00. The van der Waals surface area contributed by atoms with Crippen LogP contribution >= 0.6 is 0 Å². The number of carboxylic acids is 1. The van der Waals surface area contributed by atoms with Crippen molar-refractivity contribution in [3.8, 4) is 0 Å². The van der Waals surface area contributed by atoms with Crippen molar-refractivity contribution in [2.75, 3.05) is 0 Å². The van der Waals surface area contributed by atoms with Gasteiger partial charge < -0.3 is 5.11 Å². The zero-order chi connectivity index (χ0) is 10.8. The normalized spacial score (nSPS) is 33.3. The summed E-state index contributed by atoms with van der Waals surface area (Å²) < 4.78 is 0. The molecule has 2 atom stereocenters. The maximum absolute atomic E-state index is 11.4. The van der Waals surface area contributed by atoms with Crippen LogP contribution in [0.25, 0.3) is 0 Å². The maximum Gasteiger partial charge on any atom is 0.309 e. The van der Waals surface area contributed by atoms with Crippen LogP contribution in [0.15, 0.2) is 0 Å². The average molecular weight is 198 g/mol. The van der Waals surface area contributed by atoms with Gasteiger partial charge in [0.25, 0.3) is 0 Å². The first-order chi connectivity index (χ1) is 6.53. The van der Waals surface area contributed by atoms with Crippen molar-refractivity contribution in [2.24, 2.45) is 17.3 Å². The van der Waals surface area contributed by atoms with E-state index >= 15 is 0 Å². The van der Waals surface area contributed by atoms with E-state index in [4.69, 9.17) is 0 Å². The molecule has 0 aromatic heterocycles. The minimum Gasteiger partial charge on any atom is -0.481 e. The lowest BCUT2D eigenvalue weighted by atomic mass is 9.63. The topological polar surface area (TPSA) is 37.3 Å². The molecule has 1 aliphatic rings. The molecule has 2 heteroatoms. The summed E-state index contributed by atoms with van der Waals surface area (Å²) in [5, 5.41) is 9.37. The highest BCUT2D eigenvalue weighted by Gasteiger charge is 2.44. The molecule has 0 bridgehead atoms. The summed E-state index contributed by atoms with van der Waals surface area (Å²) in [4.78, 5) is 11.4. The van der Waals surface area contributed by atoms with Gasteiger partial charge in [0, 0.05) is 0 Å². The highest BCUT2D eigenvalue weighted by Crippen LogP contribution is 2.45. The number of hydrogen-bond acceptors (Lipinski definition) is 1. The van der Waals surface area contributed by atoms with E-state index < -0.39 is 11.4 Å². The van der Waals surface area contributed by atoms with Gasteiger partial charge in [-0.2, -0.15) is 0 Å². The SMILES string of the molecule is CCC1CCCC(C(=O)O)(C(C)C)C1. The van der Waals surface area contributed by atoms with E-state index in [9.17, 15) is 9.90 Å². The van der Waals surface area contributed by atoms with Gasteiger partial charge in [0.05, 0.1) is 5.41 Å². The molecule has 0 spiro atoms. The van der Waals surface area contributed by atoms with Gasteiger partial charge in [0.2, 0.25) is 0 Å². The van der Waals surface area contributed by atoms with E-state index in [0.29, 0.717) is 5.92 Å². The lowest BCUT2D eigenvalue weighted by molar-refractivity contribution is -0.155. The highest BCUT2D eigenvalue weighted by molar-refractivity contribution is 5.75. The molecule has 0 saturated heterocycles. The second-order valence-corrected chi connectivity index (χ2v) is 4.99. The van der Waals surface area contributed by atoms with Crippen LogP contribution in [0.3, 0.4) is 0 Å². The summed E-state index contributed by atoms with van der Waals surface area (Å²) in [6.45, 7) is 6.27. The molecule has 82 valence electrons. The zero-order valence-corrected chi connectivity index (χ0v) is 9.55. The molecule has 1 fully saturated rings. The summed E-state index contributed by atoms with van der Waals surface area (Å²) in [5.74, 6) is 0.308. The fraction of sp³-hybridized carbons (Fsp3) is 0.917. The Morgan fingerprint density at radius 2 is 2.21 bits per heavy atom. The van der Waals surface area contributed by atoms with Gasteiger partial charge in [-0.3, -0.25) is 4.79 Å². The van der Waals surface area contributed by atoms with Crippen molar-refractivity contribution >= 4 is 5.97 Å². The van der Waals surface area contributed by atoms with Crippen molar-refractivity contribution in [3.63, 3.8) is 0 Å². The molecule has 1 rings (SSSR count). The monoisotopic (exact) mass is 198 g/mol. The van der Waals surface area contributed by atoms with Gasteiger partial charge in [-0.15, -0.1) is 0 Å². The second kappa shape index (κ2) is 4.33. The van der Waals surface area contributed by atoms with Crippen LogP contribution in [0.5, 0.6) is 0 Å². The predicted molar refractivity (Wildman–Crippen MR) is 57.2 cm³/mol. The van der Waals surface area contributed by atoms with Crippen LogP contribution in [0.1, 0.15) is 52.9 Å². The van der Waals surface area contributed by atoms with E-state index in [1.54, 1.807) is 0 Å². The fourth-order valence-electron chi connectivity index (χ4n) is 2.74. The smallest absolute Gasteiger partial charge is 0.309 e. The van der Waals surface area contributed by atoms with Gasteiger partial charge in [-0.25, -0.2) is 0 Å². The van der Waals surface area contributed by atoms with E-state index in [-0.39, 0.29) is 5.92 Å². The van der Waals surface area contributed by atoms with Crippen molar-refractivity contribution in [2.45, 2.75) is 52.9 Å². The molecule has 1 N–H and O–H groups in total. The molecule has 0 amide bonds. The van der Waals surface area contributed by atoms with Crippen LogP contribution < -0.4 is 0 Å². The van der Waals surface area contributed by atoms with E-state index in [1.807, 2.05) is 13.8 Å². The van der Waals surface area contributed by atoms with Crippen LogP contribution in [0.4, 0.5) is 0 Å². The van der Waals surface area contributed by atoms with Crippen molar-refractivity contribution in [3.05, 3.63) is 0 Å². The average Bonchev–Trinajstić information content (AvgIpc) is 2.17. The summed E-state index contributed by atoms with van der Waals surface area (Å²) in [7, 11) is 0. The molecule has 1 aliphatic carbocycles. The number of aliphatic carboxylic acids is 1. The minimum absolute atomic E-state index is 0.259. The van der Waals surface area contributed by atoms with E-state index in [1.165, 1.54) is 6.42 Å². The Balaban J connectivity index is 2.82. The number of carbonyl (C=O) groups is 1. The van der Waals surface area contributed by atoms with Crippen molar-refractivity contribution < 1.29 is 9.90 Å². The van der Waals surface area contributed by atoms with Gasteiger partial charge in [-0.05, 0) is 24.7 Å². The lowest BCUT2D eigenvalue weighted by Crippen LogP contribution is -2.40. The third kappa shape index (κ3) is 1.94. The Kier molecular flexibility index (Phi) is 3.57. The molecular weight excluding hydrogens is 176 g/mol. The van der Waals surface area contributed by atoms with Crippen molar-refractivity contribution in [1.29, 1.82) is 0 Å². The van der Waals surface area contributed by atoms with Crippen LogP contribution in [0.2, 0.25) is 0 Å². The molecule has 2 unspecified atom stereocenters. The summed E-state index contributed by atoms with van der Waals surface area (Å²) >= 11 is 0. The van der Waals surface area contributed by atoms with Crippen LogP contribution in [-0.4, -0.2) is 11.1 Å². The zero-order valence-electron chi connectivity index (χ0n) is 9.55. The Labute approximate surface area is 86.7 Å². The van der Waals surface area contributed by atoms with E-state index in [0.717, 1.165) is 25.7 Å². The molecule has 2 nitrogen and oxygen atoms in total. The lowest BCUT2D eigenvalue weighted by Gasteiger charge is -2.40. The number of rotatable bonds is 3. The highest BCUT2D eigenvalue weighted by atomic mass is 16.4. The number of hydrogen-bond donors (Lipinski definition) is 1. The minimum atomic E-state index is -0.578. The second-order valence-electron chi connectivity index (χ2n) is 4.99. The third-order valence-electron chi connectivity index (χ3n) is 4.00. The Morgan fingerprint density at radius 3 is 2.64 bits per heavy atom. The molecule has 0 radical (unpaired) electrons.